The summed E-state index contributed by atoms with van der Waals surface area (Å²) in [4.78, 5) is 16.3. The van der Waals surface area contributed by atoms with Gasteiger partial charge in [0.1, 0.15) is 0 Å². The highest BCUT2D eigenvalue weighted by atomic mass is 16.1. The first-order chi connectivity index (χ1) is 8.58. The molecule has 0 radical (unpaired) electrons. The molecule has 1 rings (SSSR count). The van der Waals surface area contributed by atoms with E-state index < -0.39 is 0 Å². The Kier molecular flexibility index (Phi) is 6.60. The van der Waals surface area contributed by atoms with Crippen molar-refractivity contribution < 1.29 is 4.79 Å². The van der Waals surface area contributed by atoms with Gasteiger partial charge < -0.3 is 16.0 Å². The minimum atomic E-state index is 0.114. The Hall–Kier alpha value is -0.650. The van der Waals surface area contributed by atoms with E-state index in [0.29, 0.717) is 25.6 Å². The molecule has 1 aliphatic rings. The van der Waals surface area contributed by atoms with Crippen LogP contribution in [0.1, 0.15) is 26.2 Å². The normalized spacial score (nSPS) is 20.1. The fourth-order valence-corrected chi connectivity index (χ4v) is 2.61. The van der Waals surface area contributed by atoms with Gasteiger partial charge in [0.05, 0.1) is 0 Å². The Morgan fingerprint density at radius 1 is 1.44 bits per heavy atom. The van der Waals surface area contributed by atoms with Gasteiger partial charge in [0.25, 0.3) is 0 Å². The molecule has 0 aromatic heterocycles. The number of piperidine rings is 1. The van der Waals surface area contributed by atoms with Crippen LogP contribution in [0.2, 0.25) is 0 Å². The molecule has 5 nitrogen and oxygen atoms in total. The largest absolute Gasteiger partial charge is 0.356 e. The fourth-order valence-electron chi connectivity index (χ4n) is 2.61. The molecule has 0 saturated carbocycles. The number of hydrogen-bond acceptors (Lipinski definition) is 4. The van der Waals surface area contributed by atoms with Gasteiger partial charge in [-0.25, -0.2) is 0 Å². The second kappa shape index (κ2) is 7.71. The Balaban J connectivity index is 2.40. The molecule has 1 unspecified atom stereocenters. The summed E-state index contributed by atoms with van der Waals surface area (Å²) in [6.45, 7) is 5.29. The van der Waals surface area contributed by atoms with Gasteiger partial charge in [-0.15, -0.1) is 0 Å². The van der Waals surface area contributed by atoms with E-state index in [0.717, 1.165) is 13.1 Å². The molecule has 1 fully saturated rings. The Morgan fingerprint density at radius 3 is 2.50 bits per heavy atom. The molecule has 1 aliphatic heterocycles. The van der Waals surface area contributed by atoms with E-state index in [1.165, 1.54) is 12.8 Å². The number of likely N-dealkylation sites (tertiary alicyclic amines) is 1. The number of amides is 1. The van der Waals surface area contributed by atoms with Gasteiger partial charge in [0.2, 0.25) is 5.91 Å². The molecule has 0 aliphatic carbocycles. The van der Waals surface area contributed by atoms with Gasteiger partial charge in [-0.05, 0) is 47.0 Å². The Labute approximate surface area is 111 Å². The molecule has 0 bridgehead atoms. The van der Waals surface area contributed by atoms with Crippen LogP contribution in [0.4, 0.5) is 0 Å². The molecule has 1 saturated heterocycles. The first-order valence-corrected chi connectivity index (χ1v) is 6.95. The lowest BCUT2D eigenvalue weighted by Crippen LogP contribution is -2.50. The van der Waals surface area contributed by atoms with Gasteiger partial charge >= 0.3 is 0 Å². The zero-order valence-electron chi connectivity index (χ0n) is 12.0. The first kappa shape index (κ1) is 15.4. The van der Waals surface area contributed by atoms with Crippen molar-refractivity contribution in [1.82, 2.24) is 15.1 Å². The third-order valence-electron chi connectivity index (χ3n) is 3.81. The fraction of sp³-hybridized carbons (Fsp3) is 0.923. The monoisotopic (exact) mass is 256 g/mol. The molecule has 106 valence electrons. The molecule has 1 heterocycles. The molecule has 1 atom stereocenters. The summed E-state index contributed by atoms with van der Waals surface area (Å²) in [5.74, 6) is 0.114. The zero-order chi connectivity index (χ0) is 13.5. The van der Waals surface area contributed by atoms with Crippen molar-refractivity contribution in [3.63, 3.8) is 0 Å². The topological polar surface area (TPSA) is 61.6 Å². The average Bonchev–Trinajstić information content (AvgIpc) is 2.36. The van der Waals surface area contributed by atoms with Crippen molar-refractivity contribution in [3.8, 4) is 0 Å². The summed E-state index contributed by atoms with van der Waals surface area (Å²) < 4.78 is 0. The molecule has 5 heteroatoms. The van der Waals surface area contributed by atoms with Crippen molar-refractivity contribution in [2.24, 2.45) is 5.73 Å². The predicted molar refractivity (Wildman–Crippen MR) is 74.4 cm³/mol. The van der Waals surface area contributed by atoms with E-state index in [4.69, 9.17) is 5.73 Å². The summed E-state index contributed by atoms with van der Waals surface area (Å²) >= 11 is 0. The lowest BCUT2D eigenvalue weighted by Gasteiger charge is -2.39. The third-order valence-corrected chi connectivity index (χ3v) is 3.81. The van der Waals surface area contributed by atoms with Crippen molar-refractivity contribution in [3.05, 3.63) is 0 Å². The number of nitrogens with two attached hydrogens (primary N) is 1. The minimum Gasteiger partial charge on any atom is -0.356 e. The van der Waals surface area contributed by atoms with Crippen molar-refractivity contribution >= 4 is 5.91 Å². The van der Waals surface area contributed by atoms with Crippen LogP contribution < -0.4 is 11.1 Å². The molecule has 3 N–H and O–H groups in total. The van der Waals surface area contributed by atoms with Gasteiger partial charge in [0, 0.05) is 31.6 Å². The molecule has 18 heavy (non-hydrogen) atoms. The molecule has 0 aromatic carbocycles. The number of rotatable bonds is 6. The number of hydrogen-bond donors (Lipinski definition) is 2. The number of nitrogens with zero attached hydrogens (tertiary/aromatic N) is 2. The second-order valence-corrected chi connectivity index (χ2v) is 5.28. The maximum Gasteiger partial charge on any atom is 0.221 e. The van der Waals surface area contributed by atoms with E-state index in [1.807, 2.05) is 6.92 Å². The lowest BCUT2D eigenvalue weighted by atomic mass is 10.0. The Morgan fingerprint density at radius 2 is 2.06 bits per heavy atom. The van der Waals surface area contributed by atoms with Gasteiger partial charge in [-0.1, -0.05) is 0 Å². The smallest absolute Gasteiger partial charge is 0.221 e. The summed E-state index contributed by atoms with van der Waals surface area (Å²) in [7, 11) is 4.27. The van der Waals surface area contributed by atoms with E-state index in [9.17, 15) is 4.79 Å². The summed E-state index contributed by atoms with van der Waals surface area (Å²) in [5.41, 5.74) is 5.81. The van der Waals surface area contributed by atoms with Crippen LogP contribution in [0, 0.1) is 0 Å². The van der Waals surface area contributed by atoms with Crippen LogP contribution in [-0.2, 0) is 4.79 Å². The highest BCUT2D eigenvalue weighted by molar-refractivity contribution is 5.76. The average molecular weight is 256 g/mol. The number of carbonyl (C=O) groups is 1. The van der Waals surface area contributed by atoms with Gasteiger partial charge in [-0.3, -0.25) is 9.69 Å². The van der Waals surface area contributed by atoms with Crippen LogP contribution >= 0.6 is 0 Å². The standard InChI is InChI=1S/C13H28N4O/c1-4-15-13(18)9-12(10-14)17-7-5-11(6-8-17)16(2)3/h11-12H,4-10,14H2,1-3H3,(H,15,18). The Bertz CT molecular complexity index is 249. The van der Waals surface area contributed by atoms with Gasteiger partial charge in [-0.2, -0.15) is 0 Å². The summed E-state index contributed by atoms with van der Waals surface area (Å²) in [6, 6.07) is 0.865. The van der Waals surface area contributed by atoms with Crippen molar-refractivity contribution in [1.29, 1.82) is 0 Å². The van der Waals surface area contributed by atoms with E-state index in [1.54, 1.807) is 0 Å². The van der Waals surface area contributed by atoms with Gasteiger partial charge in [0.15, 0.2) is 0 Å². The van der Waals surface area contributed by atoms with E-state index >= 15 is 0 Å². The SMILES string of the molecule is CCNC(=O)CC(CN)N1CCC(N(C)C)CC1. The van der Waals surface area contributed by atoms with Crippen molar-refractivity contribution in [2.75, 3.05) is 40.3 Å². The first-order valence-electron chi connectivity index (χ1n) is 6.95. The molecule has 0 spiro atoms. The van der Waals surface area contributed by atoms with Crippen LogP contribution in [0.15, 0.2) is 0 Å². The van der Waals surface area contributed by atoms with Crippen LogP contribution in [0.25, 0.3) is 0 Å². The lowest BCUT2D eigenvalue weighted by molar-refractivity contribution is -0.122. The van der Waals surface area contributed by atoms with Crippen LogP contribution in [-0.4, -0.2) is 68.1 Å². The highest BCUT2D eigenvalue weighted by Gasteiger charge is 2.26. The molecule has 0 aromatic rings. The number of carbonyl (C=O) groups excluding carboxylic acids is 1. The number of nitrogens with one attached hydrogen (secondary N) is 1. The minimum absolute atomic E-state index is 0.114. The van der Waals surface area contributed by atoms with Crippen LogP contribution in [0.5, 0.6) is 0 Å². The maximum atomic E-state index is 11.6. The van der Waals surface area contributed by atoms with E-state index in [2.05, 4.69) is 29.2 Å². The quantitative estimate of drug-likeness (QED) is 0.695. The molecule has 1 amide bonds. The second-order valence-electron chi connectivity index (χ2n) is 5.28. The molecular weight excluding hydrogens is 228 g/mol. The summed E-state index contributed by atoms with van der Waals surface area (Å²) in [6.07, 6.45) is 2.86. The van der Waals surface area contributed by atoms with Crippen LogP contribution in [0.3, 0.4) is 0 Å². The van der Waals surface area contributed by atoms with E-state index in [-0.39, 0.29) is 11.9 Å². The third kappa shape index (κ3) is 4.55. The molecular formula is C13H28N4O. The van der Waals surface area contributed by atoms with Crippen molar-refractivity contribution in [2.45, 2.75) is 38.3 Å². The zero-order valence-corrected chi connectivity index (χ0v) is 12.0. The highest BCUT2D eigenvalue weighted by Crippen LogP contribution is 2.17. The maximum absolute atomic E-state index is 11.6. The predicted octanol–water partition coefficient (Wildman–Crippen LogP) is -0.134. The summed E-state index contributed by atoms with van der Waals surface area (Å²) in [5, 5.41) is 2.85.